The minimum absolute atomic E-state index is 0.0167. The molecule has 0 radical (unpaired) electrons. The fraction of sp³-hybridized carbons (Fsp3) is 0.429. The highest BCUT2D eigenvalue weighted by Gasteiger charge is 2.37. The van der Waals surface area contributed by atoms with Crippen LogP contribution in [0.5, 0.6) is 0 Å². The molecular formula is C63H80N12O8S4. The van der Waals surface area contributed by atoms with Gasteiger partial charge in [0, 0.05) is 80.6 Å². The number of carbonyl (C=O) groups excluding carboxylic acids is 8. The van der Waals surface area contributed by atoms with Crippen LogP contribution >= 0.6 is 45.1 Å². The van der Waals surface area contributed by atoms with E-state index < -0.39 is 102 Å². The fourth-order valence-electron chi connectivity index (χ4n) is 10.7. The van der Waals surface area contributed by atoms with Crippen molar-refractivity contribution >= 4 is 114 Å². The third-order valence-corrected chi connectivity index (χ3v) is 21.3. The van der Waals surface area contributed by atoms with Gasteiger partial charge < -0.3 is 64.4 Å². The molecule has 2 aliphatic rings. The molecule has 8 amide bonds. The van der Waals surface area contributed by atoms with E-state index in [4.69, 9.17) is 17.2 Å². The summed E-state index contributed by atoms with van der Waals surface area (Å²) in [5, 5.41) is 23.8. The Labute approximate surface area is 523 Å². The normalized spacial score (nSPS) is 22.8. The summed E-state index contributed by atoms with van der Waals surface area (Å²) >= 11 is 3.90. The molecule has 0 bridgehead atoms. The van der Waals surface area contributed by atoms with E-state index in [1.807, 2.05) is 127 Å². The summed E-state index contributed by atoms with van der Waals surface area (Å²) < 4.78 is 0. The molecule has 2 saturated heterocycles. The molecule has 0 aliphatic carbocycles. The minimum atomic E-state index is -1.36. The zero-order valence-corrected chi connectivity index (χ0v) is 52.4. The van der Waals surface area contributed by atoms with Crippen molar-refractivity contribution in [3.63, 3.8) is 0 Å². The van der Waals surface area contributed by atoms with Gasteiger partial charge in [0.25, 0.3) is 0 Å². The van der Waals surface area contributed by atoms with Crippen molar-refractivity contribution in [1.29, 1.82) is 0 Å². The zero-order valence-electron chi connectivity index (χ0n) is 49.1. The Morgan fingerprint density at radius 3 is 1.92 bits per heavy atom. The number of amides is 8. The van der Waals surface area contributed by atoms with Crippen molar-refractivity contribution in [1.82, 2.24) is 47.2 Å². The Balaban J connectivity index is 1.15. The molecule has 24 heteroatoms. The number of hydrogen-bond acceptors (Lipinski definition) is 14. The van der Waals surface area contributed by atoms with Crippen LogP contribution in [0.1, 0.15) is 74.3 Å². The van der Waals surface area contributed by atoms with Gasteiger partial charge in [0.2, 0.25) is 47.3 Å². The Morgan fingerprint density at radius 2 is 1.24 bits per heavy atom. The number of unbranched alkanes of at least 4 members (excludes halogenated alkanes) is 1. The largest absolute Gasteiger partial charge is 0.368 e. The number of fused-ring (bicyclic) bond motifs is 2. The summed E-state index contributed by atoms with van der Waals surface area (Å²) in [5.41, 5.74) is 24.0. The van der Waals surface area contributed by atoms with E-state index >= 15 is 14.4 Å². The molecule has 87 heavy (non-hydrogen) atoms. The van der Waals surface area contributed by atoms with Crippen LogP contribution in [0.3, 0.4) is 0 Å². The average Bonchev–Trinajstić information content (AvgIpc) is 4.48. The molecule has 6 aromatic rings. The van der Waals surface area contributed by atoms with Crippen LogP contribution in [-0.2, 0) is 70.5 Å². The van der Waals surface area contributed by atoms with Crippen LogP contribution < -0.4 is 54.4 Å². The monoisotopic (exact) mass is 1260 g/mol. The first-order chi connectivity index (χ1) is 41.9. The second-order valence-electron chi connectivity index (χ2n) is 22.5. The van der Waals surface area contributed by atoms with Crippen LogP contribution in [0.25, 0.3) is 21.8 Å². The van der Waals surface area contributed by atoms with E-state index in [0.717, 1.165) is 78.0 Å². The fourth-order valence-corrected chi connectivity index (χ4v) is 16.3. The van der Waals surface area contributed by atoms with Crippen molar-refractivity contribution in [3.05, 3.63) is 143 Å². The van der Waals surface area contributed by atoms with Crippen molar-refractivity contribution < 1.29 is 38.4 Å². The molecule has 15 N–H and O–H groups in total. The number of primary amides is 1. The lowest BCUT2D eigenvalue weighted by Crippen LogP contribution is -2.61. The first-order valence-electron chi connectivity index (χ1n) is 29.5. The summed E-state index contributed by atoms with van der Waals surface area (Å²) in [6, 6.07) is 21.8. The molecular weight excluding hydrogens is 1180 g/mol. The molecule has 8 rings (SSSR count). The van der Waals surface area contributed by atoms with E-state index in [1.54, 1.807) is 26.2 Å². The number of nitrogens with one attached hydrogen (secondary N) is 9. The molecule has 4 heterocycles. The zero-order chi connectivity index (χ0) is 62.0. The van der Waals surface area contributed by atoms with Gasteiger partial charge in [-0.15, -0.1) is 23.5 Å². The molecule has 2 unspecified atom stereocenters. The number of para-hydroxylation sites is 2. The number of H-pyrrole nitrogens is 2. The number of thioether (sulfide) groups is 2. The standard InChI is InChI=1S/C63H80N12O8S4/c1-36(2)55-63(83)74-53(61(81)70-49(56(66)76)29-41-31-67-46-20-9-7-18-43(41)46)34-87-86-33-52(73-57(77)45(65)27-38-14-5-4-6-15-38)62(82)71-50(28-40-17-13-16-39(26-40)23-24-54-37(3)84-35-85-54)59(79)72-51(30-42-32-68-47-21-10-8-19-44(42)47)60(80)69-48(58(78)75-55)22-11-12-25-64/h4-10,13-21,26,31-32,36-37,45,48-55,67-68H,11-12,22-25,27-30,33-35,64-65H2,1-3H3,(H2,66,76)(H,69,80)(H,70,81)(H,71,82)(H,72,79)(H,73,77)(H,74,83)(H,75,78)/t37?,45-,48+,49-,50+,51-,52+,53?,54+,55+/m1/s1. The smallest absolute Gasteiger partial charge is 0.244 e. The molecule has 2 fully saturated rings. The van der Waals surface area contributed by atoms with E-state index in [0.29, 0.717) is 41.0 Å². The van der Waals surface area contributed by atoms with E-state index in [9.17, 15) is 24.0 Å². The van der Waals surface area contributed by atoms with Gasteiger partial charge in [-0.3, -0.25) is 38.4 Å². The molecule has 10 atom stereocenters. The first kappa shape index (κ1) is 66.0. The van der Waals surface area contributed by atoms with Gasteiger partial charge in [0.1, 0.15) is 42.3 Å². The third kappa shape index (κ3) is 18.8. The van der Waals surface area contributed by atoms with Crippen LogP contribution in [0.15, 0.2) is 116 Å². The molecule has 2 aromatic heterocycles. The summed E-state index contributed by atoms with van der Waals surface area (Å²) in [7, 11) is 2.20. The summed E-state index contributed by atoms with van der Waals surface area (Å²) in [6.07, 6.45) is 6.35. The van der Waals surface area contributed by atoms with Crippen LogP contribution in [-0.4, -0.2) is 139 Å². The predicted octanol–water partition coefficient (Wildman–Crippen LogP) is 4.43. The van der Waals surface area contributed by atoms with E-state index in [-0.39, 0.29) is 43.6 Å². The minimum Gasteiger partial charge on any atom is -0.368 e. The molecule has 0 saturated carbocycles. The Bertz CT molecular complexity index is 3350. The van der Waals surface area contributed by atoms with Crippen molar-refractivity contribution in [2.24, 2.45) is 23.1 Å². The lowest BCUT2D eigenvalue weighted by Gasteiger charge is -2.29. The van der Waals surface area contributed by atoms with Gasteiger partial charge in [-0.05, 0) is 90.9 Å². The lowest BCUT2D eigenvalue weighted by atomic mass is 9.98. The second kappa shape index (κ2) is 32.3. The number of rotatable bonds is 21. The van der Waals surface area contributed by atoms with E-state index in [2.05, 4.69) is 54.1 Å². The number of carbonyl (C=O) groups is 8. The van der Waals surface area contributed by atoms with Crippen LogP contribution in [0, 0.1) is 5.92 Å². The van der Waals surface area contributed by atoms with Gasteiger partial charge in [0.15, 0.2) is 0 Å². The van der Waals surface area contributed by atoms with E-state index in [1.165, 1.54) is 0 Å². The number of aryl methyl sites for hydroxylation is 1. The highest BCUT2D eigenvalue weighted by molar-refractivity contribution is 8.76. The highest BCUT2D eigenvalue weighted by Crippen LogP contribution is 2.38. The molecule has 464 valence electrons. The number of aromatic amines is 2. The summed E-state index contributed by atoms with van der Waals surface area (Å²) in [4.78, 5) is 123. The van der Waals surface area contributed by atoms with Crippen molar-refractivity contribution in [2.45, 2.75) is 137 Å². The average molecular weight is 1260 g/mol. The maximum Gasteiger partial charge on any atom is 0.244 e. The predicted molar refractivity (Wildman–Crippen MR) is 349 cm³/mol. The van der Waals surface area contributed by atoms with Gasteiger partial charge in [-0.1, -0.05) is 133 Å². The van der Waals surface area contributed by atoms with Gasteiger partial charge in [-0.2, -0.15) is 0 Å². The lowest BCUT2D eigenvalue weighted by molar-refractivity contribution is -0.136. The third-order valence-electron chi connectivity index (χ3n) is 15.7. The van der Waals surface area contributed by atoms with Gasteiger partial charge >= 0.3 is 0 Å². The van der Waals surface area contributed by atoms with Gasteiger partial charge in [-0.25, -0.2) is 0 Å². The Kier molecular flexibility index (Phi) is 24.5. The first-order valence-corrected chi connectivity index (χ1v) is 34.1. The molecule has 2 aliphatic heterocycles. The van der Waals surface area contributed by atoms with Crippen LogP contribution in [0.4, 0.5) is 0 Å². The van der Waals surface area contributed by atoms with Crippen LogP contribution in [0.2, 0.25) is 0 Å². The van der Waals surface area contributed by atoms with Crippen molar-refractivity contribution in [3.8, 4) is 0 Å². The number of nitrogens with two attached hydrogens (primary N) is 3. The highest BCUT2D eigenvalue weighted by atomic mass is 33.1. The second-order valence-corrected chi connectivity index (χ2v) is 28.0. The summed E-state index contributed by atoms with van der Waals surface area (Å²) in [6.45, 7) is 5.98. The summed E-state index contributed by atoms with van der Waals surface area (Å²) in [5.74, 6) is -6.67. The molecule has 4 aromatic carbocycles. The number of hydrogen-bond donors (Lipinski definition) is 12. The SMILES string of the molecule is CC1SCS[C@H]1CCc1cccc(C[C@@H]2NC(=O)[C@@H](NC(=O)[C@H](N)Cc3ccccc3)CSSCC(C(=O)N[C@H](Cc3c[nH]c4ccccc34)C(N)=O)NC(=O)[C@H](C(C)C)NC(=O)[C@H](CCCCN)NC(=O)[C@@H](Cc3c[nH]c4ccccc34)NC2=O)c1. The van der Waals surface area contributed by atoms with Gasteiger partial charge in [0.05, 0.1) is 6.04 Å². The number of aromatic nitrogens is 2. The number of benzene rings is 4. The Hall–Kier alpha value is -6.96. The molecule has 20 nitrogen and oxygen atoms in total. The Morgan fingerprint density at radius 1 is 0.632 bits per heavy atom. The quantitative estimate of drug-likeness (QED) is 0.0351. The topological polar surface area (TPSA) is 330 Å². The maximum absolute atomic E-state index is 15.3. The van der Waals surface area contributed by atoms with Crippen molar-refractivity contribution in [2.75, 3.05) is 23.1 Å². The molecule has 0 spiro atoms. The maximum atomic E-state index is 15.3.